The van der Waals surface area contributed by atoms with Crippen LogP contribution in [0.5, 0.6) is 0 Å². The van der Waals surface area contributed by atoms with Gasteiger partial charge in [-0.1, -0.05) is 6.07 Å². The van der Waals surface area contributed by atoms with E-state index in [2.05, 4.69) is 36.0 Å². The van der Waals surface area contributed by atoms with Gasteiger partial charge in [0, 0.05) is 37.9 Å². The normalized spacial score (nSPS) is 11.3. The Labute approximate surface area is 107 Å². The highest BCUT2D eigenvalue weighted by molar-refractivity contribution is 5.39. The summed E-state index contributed by atoms with van der Waals surface area (Å²) in [6.45, 7) is 5.88. The molecule has 0 aliphatic heterocycles. The minimum Gasteiger partial charge on any atom is -0.307 e. The summed E-state index contributed by atoms with van der Waals surface area (Å²) in [7, 11) is 0. The minimum atomic E-state index is 0.420. The molecule has 18 heavy (non-hydrogen) atoms. The Kier molecular flexibility index (Phi) is 3.96. The summed E-state index contributed by atoms with van der Waals surface area (Å²) in [4.78, 5) is 6.85. The van der Waals surface area contributed by atoms with Crippen molar-refractivity contribution in [2.45, 2.75) is 32.9 Å². The summed E-state index contributed by atoms with van der Waals surface area (Å²) in [5, 5.41) is 8.68. The van der Waals surface area contributed by atoms with Gasteiger partial charge in [-0.15, -0.1) is 0 Å². The van der Waals surface area contributed by atoms with Crippen molar-refractivity contribution in [1.29, 1.82) is 5.26 Å². The minimum absolute atomic E-state index is 0.420. The molecule has 0 aliphatic carbocycles. The van der Waals surface area contributed by atoms with Crippen LogP contribution in [0.15, 0.2) is 30.6 Å². The van der Waals surface area contributed by atoms with Gasteiger partial charge in [0.2, 0.25) is 0 Å². The predicted molar refractivity (Wildman–Crippen MR) is 71.0 cm³/mol. The lowest BCUT2D eigenvalue weighted by atomic mass is 10.2. The fourth-order valence-electron chi connectivity index (χ4n) is 1.98. The van der Waals surface area contributed by atoms with Crippen LogP contribution in [0.1, 0.15) is 26.0 Å². The molecule has 0 saturated carbocycles. The number of pyridine rings is 1. The number of hydrogen-bond acceptors (Lipinski definition) is 3. The lowest BCUT2D eigenvalue weighted by Crippen LogP contribution is -2.31. The molecule has 94 valence electrons. The third-order valence-corrected chi connectivity index (χ3v) is 3.02. The van der Waals surface area contributed by atoms with Gasteiger partial charge >= 0.3 is 0 Å². The highest BCUT2D eigenvalue weighted by atomic mass is 15.2. The molecule has 0 bridgehead atoms. The molecule has 2 rings (SSSR count). The van der Waals surface area contributed by atoms with Crippen LogP contribution < -0.4 is 0 Å². The quantitative estimate of drug-likeness (QED) is 0.809. The summed E-state index contributed by atoms with van der Waals surface area (Å²) >= 11 is 0. The smallest absolute Gasteiger partial charge is 0.137 e. The Hall–Kier alpha value is -1.86. The van der Waals surface area contributed by atoms with Crippen LogP contribution in [0.2, 0.25) is 0 Å². The van der Waals surface area contributed by atoms with E-state index in [1.165, 1.54) is 0 Å². The molecule has 0 N–H and O–H groups in total. The first-order valence-electron chi connectivity index (χ1n) is 6.24. The van der Waals surface area contributed by atoms with Crippen LogP contribution >= 0.6 is 0 Å². The molecule has 0 radical (unpaired) electrons. The topological polar surface area (TPSA) is 44.3 Å². The van der Waals surface area contributed by atoms with Crippen molar-refractivity contribution in [3.8, 4) is 6.07 Å². The molecule has 0 aliphatic rings. The lowest BCUT2D eigenvalue weighted by molar-refractivity contribution is 0.215. The third-order valence-electron chi connectivity index (χ3n) is 3.02. The van der Waals surface area contributed by atoms with E-state index in [0.29, 0.717) is 12.5 Å². The summed E-state index contributed by atoms with van der Waals surface area (Å²) in [6, 6.07) is 8.60. The molecule has 2 aromatic rings. The van der Waals surface area contributed by atoms with Gasteiger partial charge in [-0.05, 0) is 26.0 Å². The molecule has 4 nitrogen and oxygen atoms in total. The second kappa shape index (κ2) is 5.65. The summed E-state index contributed by atoms with van der Waals surface area (Å²) in [6.07, 6.45) is 4.61. The summed E-state index contributed by atoms with van der Waals surface area (Å²) in [5.41, 5.74) is 2.02. The molecule has 0 unspecified atom stereocenters. The van der Waals surface area contributed by atoms with Gasteiger partial charge in [-0.2, -0.15) is 5.26 Å². The van der Waals surface area contributed by atoms with Crippen LogP contribution in [-0.4, -0.2) is 26.9 Å². The van der Waals surface area contributed by atoms with Crippen molar-refractivity contribution in [3.05, 3.63) is 36.3 Å². The van der Waals surface area contributed by atoms with Crippen LogP contribution in [0.25, 0.3) is 5.65 Å². The van der Waals surface area contributed by atoms with Crippen LogP contribution in [0.4, 0.5) is 0 Å². The SMILES string of the molecule is CC(C)N(CCC#N)Cc1cn2ccccc2n1. The Balaban J connectivity index is 2.13. The maximum absolute atomic E-state index is 8.68. The average Bonchev–Trinajstić information content (AvgIpc) is 2.76. The molecule has 0 aromatic carbocycles. The second-order valence-corrected chi connectivity index (χ2v) is 4.67. The van der Waals surface area contributed by atoms with Crippen molar-refractivity contribution in [1.82, 2.24) is 14.3 Å². The van der Waals surface area contributed by atoms with Gasteiger partial charge < -0.3 is 4.40 Å². The fraction of sp³-hybridized carbons (Fsp3) is 0.429. The van der Waals surface area contributed by atoms with E-state index in [4.69, 9.17) is 5.26 Å². The van der Waals surface area contributed by atoms with Gasteiger partial charge in [-0.3, -0.25) is 4.90 Å². The number of hydrogen-bond donors (Lipinski definition) is 0. The Morgan fingerprint density at radius 3 is 2.94 bits per heavy atom. The van der Waals surface area contributed by atoms with Crippen molar-refractivity contribution >= 4 is 5.65 Å². The lowest BCUT2D eigenvalue weighted by Gasteiger charge is -2.24. The molecule has 4 heteroatoms. The van der Waals surface area contributed by atoms with Crippen molar-refractivity contribution < 1.29 is 0 Å². The second-order valence-electron chi connectivity index (χ2n) is 4.67. The first-order valence-corrected chi connectivity index (χ1v) is 6.24. The zero-order valence-corrected chi connectivity index (χ0v) is 10.9. The molecular formula is C14H18N4. The predicted octanol–water partition coefficient (Wildman–Crippen LogP) is 2.46. The number of rotatable bonds is 5. The third kappa shape index (κ3) is 2.88. The van der Waals surface area contributed by atoms with Crippen LogP contribution in [0.3, 0.4) is 0 Å². The number of imidazole rings is 1. The number of nitrogens with zero attached hydrogens (tertiary/aromatic N) is 4. The number of nitriles is 1. The number of fused-ring (bicyclic) bond motifs is 1. The van der Waals surface area contributed by atoms with E-state index in [1.54, 1.807) is 0 Å². The highest BCUT2D eigenvalue weighted by Gasteiger charge is 2.11. The maximum atomic E-state index is 8.68. The fourth-order valence-corrected chi connectivity index (χ4v) is 1.98. The van der Waals surface area contributed by atoms with E-state index >= 15 is 0 Å². The average molecular weight is 242 g/mol. The van der Waals surface area contributed by atoms with Crippen molar-refractivity contribution in [2.24, 2.45) is 0 Å². The monoisotopic (exact) mass is 242 g/mol. The summed E-state index contributed by atoms with van der Waals surface area (Å²) < 4.78 is 2.03. The highest BCUT2D eigenvalue weighted by Crippen LogP contribution is 2.10. The molecule has 2 aromatic heterocycles. The number of aromatic nitrogens is 2. The zero-order chi connectivity index (χ0) is 13.0. The molecular weight excluding hydrogens is 224 g/mol. The van der Waals surface area contributed by atoms with E-state index in [0.717, 1.165) is 24.4 Å². The Bertz CT molecular complexity index is 517. The Morgan fingerprint density at radius 2 is 2.28 bits per heavy atom. The molecule has 0 fully saturated rings. The van der Waals surface area contributed by atoms with Crippen molar-refractivity contribution in [2.75, 3.05) is 6.54 Å². The molecule has 0 saturated heterocycles. The van der Waals surface area contributed by atoms with Crippen LogP contribution in [0, 0.1) is 11.3 Å². The maximum Gasteiger partial charge on any atom is 0.137 e. The van der Waals surface area contributed by atoms with Gasteiger partial charge in [0.15, 0.2) is 0 Å². The van der Waals surface area contributed by atoms with Gasteiger partial charge in [0.25, 0.3) is 0 Å². The largest absolute Gasteiger partial charge is 0.307 e. The van der Waals surface area contributed by atoms with Gasteiger partial charge in [0.05, 0.1) is 11.8 Å². The zero-order valence-electron chi connectivity index (χ0n) is 10.9. The van der Waals surface area contributed by atoms with E-state index < -0.39 is 0 Å². The van der Waals surface area contributed by atoms with E-state index in [1.807, 2.05) is 28.8 Å². The summed E-state index contributed by atoms with van der Waals surface area (Å²) in [5.74, 6) is 0. The van der Waals surface area contributed by atoms with E-state index in [9.17, 15) is 0 Å². The molecule has 0 spiro atoms. The molecule has 2 heterocycles. The first kappa shape index (κ1) is 12.6. The van der Waals surface area contributed by atoms with Crippen molar-refractivity contribution in [3.63, 3.8) is 0 Å². The van der Waals surface area contributed by atoms with Gasteiger partial charge in [0.1, 0.15) is 5.65 Å². The first-order chi connectivity index (χ1) is 8.70. The molecule has 0 atom stereocenters. The van der Waals surface area contributed by atoms with Gasteiger partial charge in [-0.25, -0.2) is 4.98 Å². The van der Waals surface area contributed by atoms with E-state index in [-0.39, 0.29) is 0 Å². The standard InChI is InChI=1S/C14H18N4/c1-12(2)17(9-5-7-15)10-13-11-18-8-4-3-6-14(18)16-13/h3-4,6,8,11-12H,5,9-10H2,1-2H3. The Morgan fingerprint density at radius 1 is 1.44 bits per heavy atom. The molecule has 0 amide bonds. The van der Waals surface area contributed by atoms with Crippen LogP contribution in [-0.2, 0) is 6.54 Å².